The van der Waals surface area contributed by atoms with Crippen LogP contribution in [0.2, 0.25) is 0 Å². The highest BCUT2D eigenvalue weighted by Crippen LogP contribution is 2.25. The SMILES string of the molecule is Cc1cccc(C(=O)Nc2ccccc2O)c1Br. The van der Waals surface area contributed by atoms with Gasteiger partial charge < -0.3 is 10.4 Å². The Hall–Kier alpha value is -1.81. The van der Waals surface area contributed by atoms with Crippen molar-refractivity contribution in [2.24, 2.45) is 0 Å². The van der Waals surface area contributed by atoms with Crippen LogP contribution in [-0.2, 0) is 0 Å². The molecule has 3 nitrogen and oxygen atoms in total. The van der Waals surface area contributed by atoms with Crippen molar-refractivity contribution < 1.29 is 9.90 Å². The van der Waals surface area contributed by atoms with Gasteiger partial charge >= 0.3 is 0 Å². The fourth-order valence-corrected chi connectivity index (χ4v) is 2.04. The van der Waals surface area contributed by atoms with Crippen molar-refractivity contribution in [3.8, 4) is 5.75 Å². The summed E-state index contributed by atoms with van der Waals surface area (Å²) in [4.78, 5) is 12.1. The van der Waals surface area contributed by atoms with Crippen molar-refractivity contribution in [3.05, 3.63) is 58.1 Å². The molecular formula is C14H12BrNO2. The molecule has 0 atom stereocenters. The zero-order valence-electron chi connectivity index (χ0n) is 9.77. The first-order valence-corrected chi connectivity index (χ1v) is 6.23. The van der Waals surface area contributed by atoms with Gasteiger partial charge in [-0.3, -0.25) is 4.79 Å². The summed E-state index contributed by atoms with van der Waals surface area (Å²) in [6.45, 7) is 1.92. The number of amides is 1. The van der Waals surface area contributed by atoms with E-state index in [4.69, 9.17) is 0 Å². The Morgan fingerprint density at radius 3 is 2.61 bits per heavy atom. The number of aromatic hydroxyl groups is 1. The molecule has 0 unspecified atom stereocenters. The molecule has 0 saturated carbocycles. The van der Waals surface area contributed by atoms with Gasteiger partial charge in [0.25, 0.3) is 5.91 Å². The van der Waals surface area contributed by atoms with Crippen LogP contribution in [0.5, 0.6) is 5.75 Å². The Bertz CT molecular complexity index is 596. The van der Waals surface area contributed by atoms with Crippen molar-refractivity contribution in [2.75, 3.05) is 5.32 Å². The van der Waals surface area contributed by atoms with Gasteiger partial charge in [0.05, 0.1) is 11.3 Å². The summed E-state index contributed by atoms with van der Waals surface area (Å²) in [6.07, 6.45) is 0. The van der Waals surface area contributed by atoms with Gasteiger partial charge in [-0.15, -0.1) is 0 Å². The second kappa shape index (κ2) is 5.23. The topological polar surface area (TPSA) is 49.3 Å². The van der Waals surface area contributed by atoms with E-state index in [-0.39, 0.29) is 11.7 Å². The van der Waals surface area contributed by atoms with Crippen LogP contribution < -0.4 is 5.32 Å². The van der Waals surface area contributed by atoms with Gasteiger partial charge in [-0.25, -0.2) is 0 Å². The average Bonchev–Trinajstić information content (AvgIpc) is 2.35. The minimum absolute atomic E-state index is 0.0506. The Kier molecular flexibility index (Phi) is 3.67. The minimum atomic E-state index is -0.257. The second-order valence-electron chi connectivity index (χ2n) is 3.91. The predicted octanol–water partition coefficient (Wildman–Crippen LogP) is 3.72. The van der Waals surface area contributed by atoms with Crippen LogP contribution in [0.25, 0.3) is 0 Å². The third-order valence-corrected chi connectivity index (χ3v) is 3.64. The zero-order chi connectivity index (χ0) is 13.1. The molecule has 0 aliphatic heterocycles. The fourth-order valence-electron chi connectivity index (χ4n) is 1.59. The lowest BCUT2D eigenvalue weighted by atomic mass is 10.1. The molecule has 2 aromatic carbocycles. The maximum Gasteiger partial charge on any atom is 0.256 e. The quantitative estimate of drug-likeness (QED) is 0.831. The van der Waals surface area contributed by atoms with E-state index in [1.807, 2.05) is 19.1 Å². The van der Waals surface area contributed by atoms with Crippen LogP contribution in [0.1, 0.15) is 15.9 Å². The highest BCUT2D eigenvalue weighted by molar-refractivity contribution is 9.10. The molecule has 0 aliphatic carbocycles. The van der Waals surface area contributed by atoms with Crippen LogP contribution in [-0.4, -0.2) is 11.0 Å². The van der Waals surface area contributed by atoms with Crippen molar-refractivity contribution in [2.45, 2.75) is 6.92 Å². The van der Waals surface area contributed by atoms with Crippen LogP contribution in [0.4, 0.5) is 5.69 Å². The maximum atomic E-state index is 12.1. The first kappa shape index (κ1) is 12.6. The lowest BCUT2D eigenvalue weighted by molar-refractivity contribution is 0.102. The molecule has 2 rings (SSSR count). The molecule has 0 radical (unpaired) electrons. The van der Waals surface area contributed by atoms with E-state index in [1.165, 1.54) is 6.07 Å². The van der Waals surface area contributed by atoms with Crippen molar-refractivity contribution in [3.63, 3.8) is 0 Å². The Labute approximate surface area is 114 Å². The maximum absolute atomic E-state index is 12.1. The lowest BCUT2D eigenvalue weighted by Crippen LogP contribution is -2.13. The van der Waals surface area contributed by atoms with Gasteiger partial charge in [0, 0.05) is 4.47 Å². The van der Waals surface area contributed by atoms with Gasteiger partial charge in [0.2, 0.25) is 0 Å². The third kappa shape index (κ3) is 2.54. The average molecular weight is 306 g/mol. The monoisotopic (exact) mass is 305 g/mol. The number of halogens is 1. The van der Waals surface area contributed by atoms with Crippen LogP contribution in [0, 0.1) is 6.92 Å². The molecule has 1 amide bonds. The fraction of sp³-hybridized carbons (Fsp3) is 0.0714. The van der Waals surface area contributed by atoms with Crippen LogP contribution in [0.3, 0.4) is 0 Å². The molecule has 2 N–H and O–H groups in total. The molecule has 0 aromatic heterocycles. The molecule has 4 heteroatoms. The normalized spacial score (nSPS) is 10.1. The number of phenolic OH excluding ortho intramolecular Hbond substituents is 1. The summed E-state index contributed by atoms with van der Waals surface area (Å²) in [5, 5.41) is 12.3. The first-order valence-electron chi connectivity index (χ1n) is 5.44. The third-order valence-electron chi connectivity index (χ3n) is 2.59. The van der Waals surface area contributed by atoms with Crippen molar-refractivity contribution >= 4 is 27.5 Å². The number of anilines is 1. The number of nitrogens with one attached hydrogen (secondary N) is 1. The second-order valence-corrected chi connectivity index (χ2v) is 4.70. The molecule has 2 aromatic rings. The van der Waals surface area contributed by atoms with E-state index >= 15 is 0 Å². The summed E-state index contributed by atoms with van der Waals surface area (Å²) in [5.74, 6) is -0.207. The summed E-state index contributed by atoms with van der Waals surface area (Å²) in [7, 11) is 0. The number of para-hydroxylation sites is 2. The molecular weight excluding hydrogens is 294 g/mol. The first-order chi connectivity index (χ1) is 8.59. The molecule has 0 saturated heterocycles. The van der Waals surface area contributed by atoms with E-state index in [1.54, 1.807) is 24.3 Å². The highest BCUT2D eigenvalue weighted by atomic mass is 79.9. The van der Waals surface area contributed by atoms with Crippen molar-refractivity contribution in [1.82, 2.24) is 0 Å². The number of aryl methyl sites for hydroxylation is 1. The van der Waals surface area contributed by atoms with E-state index in [9.17, 15) is 9.90 Å². The minimum Gasteiger partial charge on any atom is -0.506 e. The highest BCUT2D eigenvalue weighted by Gasteiger charge is 2.12. The lowest BCUT2D eigenvalue weighted by Gasteiger charge is -2.09. The van der Waals surface area contributed by atoms with Crippen LogP contribution >= 0.6 is 15.9 Å². The number of hydrogen-bond acceptors (Lipinski definition) is 2. The van der Waals surface area contributed by atoms with Crippen molar-refractivity contribution in [1.29, 1.82) is 0 Å². The molecule has 0 aliphatic rings. The number of rotatable bonds is 2. The van der Waals surface area contributed by atoms with Gasteiger partial charge in [0.1, 0.15) is 5.75 Å². The smallest absolute Gasteiger partial charge is 0.256 e. The summed E-state index contributed by atoms with van der Waals surface area (Å²) in [5.41, 5.74) is 1.93. The Balaban J connectivity index is 2.28. The number of carbonyl (C=O) groups is 1. The Morgan fingerprint density at radius 2 is 1.89 bits per heavy atom. The summed E-state index contributed by atoms with van der Waals surface area (Å²) < 4.78 is 0.762. The largest absolute Gasteiger partial charge is 0.506 e. The molecule has 0 fully saturated rings. The zero-order valence-corrected chi connectivity index (χ0v) is 11.4. The summed E-state index contributed by atoms with van der Waals surface area (Å²) >= 11 is 3.39. The number of hydrogen-bond donors (Lipinski definition) is 2. The molecule has 0 spiro atoms. The van der Waals surface area contributed by atoms with Gasteiger partial charge in [-0.2, -0.15) is 0 Å². The standard InChI is InChI=1S/C14H12BrNO2/c1-9-5-4-6-10(13(9)15)14(18)16-11-7-2-3-8-12(11)17/h2-8,17H,1H3,(H,16,18). The van der Waals surface area contributed by atoms with E-state index in [0.29, 0.717) is 11.3 Å². The summed E-state index contributed by atoms with van der Waals surface area (Å²) in [6, 6.07) is 12.1. The number of phenols is 1. The number of carbonyl (C=O) groups excluding carboxylic acids is 1. The van der Waals surface area contributed by atoms with Gasteiger partial charge in [-0.05, 0) is 46.6 Å². The molecule has 0 bridgehead atoms. The molecule has 92 valence electrons. The number of benzene rings is 2. The van der Waals surface area contributed by atoms with E-state index in [2.05, 4.69) is 21.2 Å². The predicted molar refractivity (Wildman–Crippen MR) is 74.9 cm³/mol. The molecule has 0 heterocycles. The van der Waals surface area contributed by atoms with Crippen LogP contribution in [0.15, 0.2) is 46.9 Å². The molecule has 18 heavy (non-hydrogen) atoms. The van der Waals surface area contributed by atoms with E-state index < -0.39 is 0 Å². The Morgan fingerprint density at radius 1 is 1.17 bits per heavy atom. The van der Waals surface area contributed by atoms with E-state index in [0.717, 1.165) is 10.0 Å². The van der Waals surface area contributed by atoms with Gasteiger partial charge in [-0.1, -0.05) is 24.3 Å². The van der Waals surface area contributed by atoms with Gasteiger partial charge in [0.15, 0.2) is 0 Å².